The maximum Gasteiger partial charge on any atom is 0.265 e. The molecule has 110 valence electrons. The van der Waals surface area contributed by atoms with Gasteiger partial charge in [0.25, 0.3) is 5.91 Å². The van der Waals surface area contributed by atoms with Crippen molar-refractivity contribution in [3.63, 3.8) is 0 Å². The summed E-state index contributed by atoms with van der Waals surface area (Å²) in [6, 6.07) is 13.2. The zero-order valence-corrected chi connectivity index (χ0v) is 12.1. The van der Waals surface area contributed by atoms with Gasteiger partial charge >= 0.3 is 0 Å². The summed E-state index contributed by atoms with van der Waals surface area (Å²) >= 11 is 0. The van der Waals surface area contributed by atoms with Gasteiger partial charge in [-0.25, -0.2) is 4.39 Å². The Kier molecular flexibility index (Phi) is 4.93. The van der Waals surface area contributed by atoms with Gasteiger partial charge in [-0.2, -0.15) is 0 Å². The summed E-state index contributed by atoms with van der Waals surface area (Å²) in [7, 11) is 0. The lowest BCUT2D eigenvalue weighted by Gasteiger charge is -2.17. The summed E-state index contributed by atoms with van der Waals surface area (Å²) in [5.41, 5.74) is 1.81. The first kappa shape index (κ1) is 15.0. The minimum absolute atomic E-state index is 0.215. The molecule has 0 fully saturated rings. The van der Waals surface area contributed by atoms with Crippen LogP contribution in [0.15, 0.2) is 48.5 Å². The van der Waals surface area contributed by atoms with E-state index in [1.165, 1.54) is 24.3 Å². The predicted octanol–water partition coefficient (Wildman–Crippen LogP) is 3.93. The number of carbonyl (C=O) groups excluding carboxylic acids is 1. The molecule has 0 aliphatic rings. The third kappa shape index (κ3) is 4.31. The summed E-state index contributed by atoms with van der Waals surface area (Å²) in [6.45, 7) is 3.83. The van der Waals surface area contributed by atoms with Gasteiger partial charge in [-0.05, 0) is 55.3 Å². The fourth-order valence-electron chi connectivity index (χ4n) is 1.95. The highest BCUT2D eigenvalue weighted by atomic mass is 19.1. The molecule has 2 aromatic rings. The van der Waals surface area contributed by atoms with Crippen LogP contribution in [0.2, 0.25) is 0 Å². The van der Waals surface area contributed by atoms with Crippen molar-refractivity contribution in [1.29, 1.82) is 0 Å². The number of hydrogen-bond acceptors (Lipinski definition) is 2. The van der Waals surface area contributed by atoms with E-state index in [2.05, 4.69) is 5.32 Å². The van der Waals surface area contributed by atoms with Crippen molar-refractivity contribution >= 4 is 11.6 Å². The molecule has 1 unspecified atom stereocenters. The van der Waals surface area contributed by atoms with E-state index >= 15 is 0 Å². The Labute approximate surface area is 123 Å². The highest BCUT2D eigenvalue weighted by Crippen LogP contribution is 2.16. The number of amides is 1. The lowest BCUT2D eigenvalue weighted by atomic mass is 10.2. The molecule has 0 saturated carbocycles. The summed E-state index contributed by atoms with van der Waals surface area (Å²) in [5, 5.41) is 2.83. The minimum Gasteiger partial charge on any atom is -0.481 e. The van der Waals surface area contributed by atoms with Crippen molar-refractivity contribution in [2.45, 2.75) is 26.4 Å². The van der Waals surface area contributed by atoms with Crippen LogP contribution in [-0.4, -0.2) is 12.0 Å². The van der Waals surface area contributed by atoms with Gasteiger partial charge in [0.05, 0.1) is 0 Å². The predicted molar refractivity (Wildman–Crippen MR) is 80.9 cm³/mol. The summed E-state index contributed by atoms with van der Waals surface area (Å²) in [6.07, 6.45) is -0.0920. The van der Waals surface area contributed by atoms with Crippen molar-refractivity contribution in [1.82, 2.24) is 0 Å². The Hall–Kier alpha value is -2.36. The van der Waals surface area contributed by atoms with E-state index < -0.39 is 6.10 Å². The van der Waals surface area contributed by atoms with Gasteiger partial charge in [0.1, 0.15) is 11.6 Å². The highest BCUT2D eigenvalue weighted by Gasteiger charge is 2.18. The van der Waals surface area contributed by atoms with Crippen LogP contribution in [0.25, 0.3) is 0 Å². The van der Waals surface area contributed by atoms with Crippen LogP contribution >= 0.6 is 0 Å². The molecule has 1 N–H and O–H groups in total. The van der Waals surface area contributed by atoms with Gasteiger partial charge in [-0.3, -0.25) is 4.79 Å². The molecule has 0 saturated heterocycles. The smallest absolute Gasteiger partial charge is 0.265 e. The first-order chi connectivity index (χ1) is 10.1. The second-order valence-electron chi connectivity index (χ2n) is 4.83. The first-order valence-corrected chi connectivity index (χ1v) is 6.88. The van der Waals surface area contributed by atoms with E-state index in [0.717, 1.165) is 11.3 Å². The standard InChI is InChI=1S/C17H18FNO2/c1-3-16(21-15-9-7-13(18)8-10-15)17(20)19-14-6-4-5-12(2)11-14/h4-11,16H,3H2,1-2H3,(H,19,20). The van der Waals surface area contributed by atoms with Gasteiger partial charge in [0, 0.05) is 5.69 Å². The van der Waals surface area contributed by atoms with Crippen molar-refractivity contribution in [3.8, 4) is 5.75 Å². The number of aryl methyl sites for hydroxylation is 1. The number of hydrogen-bond donors (Lipinski definition) is 1. The molecule has 0 aliphatic carbocycles. The molecule has 2 rings (SSSR count). The Morgan fingerprint density at radius 2 is 1.95 bits per heavy atom. The van der Waals surface area contributed by atoms with Crippen molar-refractivity contribution < 1.29 is 13.9 Å². The molecule has 4 heteroatoms. The van der Waals surface area contributed by atoms with Crippen LogP contribution < -0.4 is 10.1 Å². The second-order valence-corrected chi connectivity index (χ2v) is 4.83. The Morgan fingerprint density at radius 3 is 2.57 bits per heavy atom. The minimum atomic E-state index is -0.615. The average molecular weight is 287 g/mol. The zero-order valence-electron chi connectivity index (χ0n) is 12.1. The fourth-order valence-corrected chi connectivity index (χ4v) is 1.95. The number of nitrogens with one attached hydrogen (secondary N) is 1. The molecule has 21 heavy (non-hydrogen) atoms. The molecule has 0 radical (unpaired) electrons. The number of ether oxygens (including phenoxy) is 1. The van der Waals surface area contributed by atoms with E-state index in [1.54, 1.807) is 0 Å². The molecule has 0 aliphatic heterocycles. The molecule has 3 nitrogen and oxygen atoms in total. The molecule has 1 amide bonds. The third-order valence-electron chi connectivity index (χ3n) is 3.04. The van der Waals surface area contributed by atoms with Crippen molar-refractivity contribution in [2.75, 3.05) is 5.32 Å². The SMILES string of the molecule is CCC(Oc1ccc(F)cc1)C(=O)Nc1cccc(C)c1. The third-order valence-corrected chi connectivity index (χ3v) is 3.04. The zero-order chi connectivity index (χ0) is 15.2. The van der Waals surface area contributed by atoms with Crippen molar-refractivity contribution in [2.24, 2.45) is 0 Å². The normalized spacial score (nSPS) is 11.8. The molecule has 1 atom stereocenters. The summed E-state index contributed by atoms with van der Waals surface area (Å²) in [5.74, 6) is -0.0744. The van der Waals surface area contributed by atoms with Crippen molar-refractivity contribution in [3.05, 3.63) is 59.9 Å². The summed E-state index contributed by atoms with van der Waals surface area (Å²) < 4.78 is 18.5. The highest BCUT2D eigenvalue weighted by molar-refractivity contribution is 5.94. The van der Waals surface area contributed by atoms with Crippen LogP contribution in [-0.2, 0) is 4.79 Å². The van der Waals surface area contributed by atoms with Gasteiger partial charge in [-0.15, -0.1) is 0 Å². The van der Waals surface area contributed by atoms with E-state index in [9.17, 15) is 9.18 Å². The Morgan fingerprint density at radius 1 is 1.24 bits per heavy atom. The van der Waals surface area contributed by atoms with Gasteiger partial charge in [-0.1, -0.05) is 19.1 Å². The molecule has 0 bridgehead atoms. The lowest BCUT2D eigenvalue weighted by Crippen LogP contribution is -2.32. The van der Waals surface area contributed by atoms with Gasteiger partial charge < -0.3 is 10.1 Å². The molecular formula is C17H18FNO2. The average Bonchev–Trinajstić information content (AvgIpc) is 2.46. The number of benzene rings is 2. The monoisotopic (exact) mass is 287 g/mol. The Balaban J connectivity index is 2.03. The molecular weight excluding hydrogens is 269 g/mol. The molecule has 0 spiro atoms. The van der Waals surface area contributed by atoms with E-state index in [0.29, 0.717) is 12.2 Å². The first-order valence-electron chi connectivity index (χ1n) is 6.88. The van der Waals surface area contributed by atoms with E-state index in [-0.39, 0.29) is 11.7 Å². The molecule has 0 aromatic heterocycles. The fraction of sp³-hybridized carbons (Fsp3) is 0.235. The quantitative estimate of drug-likeness (QED) is 0.905. The summed E-state index contributed by atoms with van der Waals surface area (Å²) in [4.78, 5) is 12.2. The van der Waals surface area contributed by atoms with E-state index in [4.69, 9.17) is 4.74 Å². The number of halogens is 1. The molecule has 2 aromatic carbocycles. The maximum absolute atomic E-state index is 12.9. The second kappa shape index (κ2) is 6.88. The lowest BCUT2D eigenvalue weighted by molar-refractivity contribution is -0.122. The largest absolute Gasteiger partial charge is 0.481 e. The van der Waals surface area contributed by atoms with Gasteiger partial charge in [0.15, 0.2) is 6.10 Å². The van der Waals surface area contributed by atoms with Crippen LogP contribution in [0.5, 0.6) is 5.75 Å². The number of carbonyl (C=O) groups is 1. The maximum atomic E-state index is 12.9. The van der Waals surface area contributed by atoms with Gasteiger partial charge in [0.2, 0.25) is 0 Å². The number of rotatable bonds is 5. The van der Waals surface area contributed by atoms with E-state index in [1.807, 2.05) is 38.1 Å². The molecule has 0 heterocycles. The Bertz CT molecular complexity index is 610. The van der Waals surface area contributed by atoms with Crippen LogP contribution in [0, 0.1) is 12.7 Å². The number of anilines is 1. The van der Waals surface area contributed by atoms with Crippen LogP contribution in [0.4, 0.5) is 10.1 Å². The van der Waals surface area contributed by atoms with Crippen LogP contribution in [0.3, 0.4) is 0 Å². The van der Waals surface area contributed by atoms with Crippen LogP contribution in [0.1, 0.15) is 18.9 Å². The topological polar surface area (TPSA) is 38.3 Å².